The highest BCUT2D eigenvalue weighted by Gasteiger charge is 2.12. The second-order valence-electron chi connectivity index (χ2n) is 5.20. The summed E-state index contributed by atoms with van der Waals surface area (Å²) in [6, 6.07) is 8.88. The van der Waals surface area contributed by atoms with Crippen LogP contribution in [0.15, 0.2) is 24.3 Å². The Labute approximate surface area is 109 Å². The summed E-state index contributed by atoms with van der Waals surface area (Å²) in [4.78, 5) is 1.63. The third-order valence-electron chi connectivity index (χ3n) is 3.15. The van der Waals surface area contributed by atoms with E-state index < -0.39 is 0 Å². The number of hydrogen-bond donors (Lipinski definition) is 0. The van der Waals surface area contributed by atoms with Crippen molar-refractivity contribution in [3.63, 3.8) is 0 Å². The molecule has 1 aromatic heterocycles. The van der Waals surface area contributed by atoms with Crippen LogP contribution in [0, 0.1) is 5.92 Å². The summed E-state index contributed by atoms with van der Waals surface area (Å²) in [5, 5.41) is 1.50. The minimum atomic E-state index is 0.744. The molecule has 0 spiro atoms. The van der Waals surface area contributed by atoms with Crippen LogP contribution in [0.5, 0.6) is 0 Å². The summed E-state index contributed by atoms with van der Waals surface area (Å²) in [5.74, 6) is 0.744. The Kier molecular flexibility index (Phi) is 4.22. The molecule has 0 nitrogen and oxygen atoms in total. The van der Waals surface area contributed by atoms with E-state index in [9.17, 15) is 0 Å². The summed E-state index contributed by atoms with van der Waals surface area (Å²) < 4.78 is 1.47. The van der Waals surface area contributed by atoms with Crippen molar-refractivity contribution in [2.24, 2.45) is 5.92 Å². The molecule has 1 heterocycles. The molecule has 1 aromatic carbocycles. The molecule has 0 aliphatic carbocycles. The van der Waals surface area contributed by atoms with Gasteiger partial charge in [0.1, 0.15) is 0 Å². The van der Waals surface area contributed by atoms with Crippen molar-refractivity contribution < 1.29 is 0 Å². The summed E-state index contributed by atoms with van der Waals surface area (Å²) in [6.45, 7) is 6.90. The van der Waals surface area contributed by atoms with Gasteiger partial charge >= 0.3 is 0 Å². The average Bonchev–Trinajstić information content (AvgIpc) is 2.64. The molecule has 92 valence electrons. The van der Waals surface area contributed by atoms with Crippen molar-refractivity contribution in [3.8, 4) is 0 Å². The number of benzene rings is 1. The first-order valence-electron chi connectivity index (χ1n) is 6.71. The van der Waals surface area contributed by atoms with E-state index in [2.05, 4.69) is 45.0 Å². The first kappa shape index (κ1) is 12.6. The number of thiophene rings is 1. The Morgan fingerprint density at radius 1 is 1.18 bits per heavy atom. The van der Waals surface area contributed by atoms with Crippen molar-refractivity contribution >= 4 is 21.4 Å². The van der Waals surface area contributed by atoms with Gasteiger partial charge in [-0.1, -0.05) is 45.4 Å². The molecule has 2 aromatic rings. The number of fused-ring (bicyclic) bond motifs is 1. The first-order chi connectivity index (χ1) is 8.22. The molecule has 0 aliphatic rings. The Balaban J connectivity index is 2.41. The summed E-state index contributed by atoms with van der Waals surface area (Å²) in [6.07, 6.45) is 5.09. The van der Waals surface area contributed by atoms with E-state index in [1.165, 1.54) is 35.8 Å². The van der Waals surface area contributed by atoms with Gasteiger partial charge in [-0.3, -0.25) is 0 Å². The van der Waals surface area contributed by atoms with Crippen molar-refractivity contribution in [1.82, 2.24) is 0 Å². The van der Waals surface area contributed by atoms with E-state index in [0.717, 1.165) is 5.92 Å². The van der Waals surface area contributed by atoms with Gasteiger partial charge in [0.05, 0.1) is 0 Å². The lowest BCUT2D eigenvalue weighted by Gasteiger charge is -2.07. The van der Waals surface area contributed by atoms with Gasteiger partial charge in [0.2, 0.25) is 0 Å². The molecule has 0 unspecified atom stereocenters. The standard InChI is InChI=1S/C16H22S/c1-4-5-9-16-14(11-12(2)3)13-8-6-7-10-15(13)17-16/h6-8,10,12H,4-5,9,11H2,1-3H3. The van der Waals surface area contributed by atoms with E-state index in [1.54, 1.807) is 10.4 Å². The molecule has 0 N–H and O–H groups in total. The molecule has 0 saturated heterocycles. The van der Waals surface area contributed by atoms with Gasteiger partial charge in [0, 0.05) is 9.58 Å². The van der Waals surface area contributed by atoms with Gasteiger partial charge in [-0.25, -0.2) is 0 Å². The largest absolute Gasteiger partial charge is 0.140 e. The number of rotatable bonds is 5. The molecule has 0 bridgehead atoms. The minimum Gasteiger partial charge on any atom is -0.140 e. The van der Waals surface area contributed by atoms with Crippen molar-refractivity contribution in [2.45, 2.75) is 46.5 Å². The van der Waals surface area contributed by atoms with E-state index in [1.807, 2.05) is 11.3 Å². The monoisotopic (exact) mass is 246 g/mol. The molecule has 0 atom stereocenters. The Bertz CT molecular complexity index is 479. The molecule has 0 fully saturated rings. The van der Waals surface area contributed by atoms with E-state index in [0.29, 0.717) is 0 Å². The highest BCUT2D eigenvalue weighted by Crippen LogP contribution is 2.33. The number of hydrogen-bond acceptors (Lipinski definition) is 1. The zero-order valence-corrected chi connectivity index (χ0v) is 11.9. The molecule has 0 amide bonds. The normalized spacial score (nSPS) is 11.5. The molecule has 0 radical (unpaired) electrons. The number of aryl methyl sites for hydroxylation is 1. The molecule has 0 saturated carbocycles. The van der Waals surface area contributed by atoms with Crippen LogP contribution in [0.25, 0.3) is 10.1 Å². The fourth-order valence-corrected chi connectivity index (χ4v) is 3.60. The second kappa shape index (κ2) is 5.68. The molecule has 2 rings (SSSR count). The van der Waals surface area contributed by atoms with E-state index >= 15 is 0 Å². The lowest BCUT2D eigenvalue weighted by molar-refractivity contribution is 0.645. The van der Waals surface area contributed by atoms with Crippen LogP contribution in [-0.4, -0.2) is 0 Å². The molecular weight excluding hydrogens is 224 g/mol. The summed E-state index contributed by atoms with van der Waals surface area (Å²) >= 11 is 2.01. The van der Waals surface area contributed by atoms with Gasteiger partial charge in [-0.05, 0) is 42.2 Å². The Morgan fingerprint density at radius 3 is 2.65 bits per heavy atom. The van der Waals surface area contributed by atoms with Gasteiger partial charge in [0.25, 0.3) is 0 Å². The van der Waals surface area contributed by atoms with Crippen molar-refractivity contribution in [2.75, 3.05) is 0 Å². The zero-order chi connectivity index (χ0) is 12.3. The maximum Gasteiger partial charge on any atom is 0.0348 e. The molecule has 1 heteroatoms. The van der Waals surface area contributed by atoms with Crippen LogP contribution in [-0.2, 0) is 12.8 Å². The Morgan fingerprint density at radius 2 is 1.94 bits per heavy atom. The minimum absolute atomic E-state index is 0.744. The van der Waals surface area contributed by atoms with Crippen LogP contribution in [0.4, 0.5) is 0 Å². The first-order valence-corrected chi connectivity index (χ1v) is 7.53. The second-order valence-corrected chi connectivity index (χ2v) is 6.34. The fourth-order valence-electron chi connectivity index (χ4n) is 2.32. The fraction of sp³-hybridized carbons (Fsp3) is 0.500. The topological polar surface area (TPSA) is 0 Å². The quantitative estimate of drug-likeness (QED) is 0.658. The van der Waals surface area contributed by atoms with E-state index in [4.69, 9.17) is 0 Å². The number of unbranched alkanes of at least 4 members (excludes halogenated alkanes) is 1. The van der Waals surface area contributed by atoms with E-state index in [-0.39, 0.29) is 0 Å². The third-order valence-corrected chi connectivity index (χ3v) is 4.42. The highest BCUT2D eigenvalue weighted by molar-refractivity contribution is 7.19. The lowest BCUT2D eigenvalue weighted by atomic mass is 9.98. The maximum absolute atomic E-state index is 2.32. The van der Waals surface area contributed by atoms with Crippen molar-refractivity contribution in [3.05, 3.63) is 34.7 Å². The zero-order valence-electron chi connectivity index (χ0n) is 11.1. The predicted octanol–water partition coefficient (Wildman–Crippen LogP) is 5.44. The molecule has 17 heavy (non-hydrogen) atoms. The van der Waals surface area contributed by atoms with Crippen LogP contribution in [0.2, 0.25) is 0 Å². The smallest absolute Gasteiger partial charge is 0.0348 e. The van der Waals surface area contributed by atoms with Crippen LogP contribution < -0.4 is 0 Å². The Hall–Kier alpha value is -0.820. The summed E-state index contributed by atoms with van der Waals surface area (Å²) in [7, 11) is 0. The average molecular weight is 246 g/mol. The molecule has 0 aliphatic heterocycles. The lowest BCUT2D eigenvalue weighted by Crippen LogP contribution is -1.96. The van der Waals surface area contributed by atoms with Crippen LogP contribution >= 0.6 is 11.3 Å². The van der Waals surface area contributed by atoms with Crippen LogP contribution in [0.3, 0.4) is 0 Å². The van der Waals surface area contributed by atoms with Crippen molar-refractivity contribution in [1.29, 1.82) is 0 Å². The third kappa shape index (κ3) is 2.90. The predicted molar refractivity (Wildman–Crippen MR) is 79.0 cm³/mol. The maximum atomic E-state index is 2.32. The van der Waals surface area contributed by atoms with Gasteiger partial charge < -0.3 is 0 Å². The summed E-state index contributed by atoms with van der Waals surface area (Å²) in [5.41, 5.74) is 1.62. The van der Waals surface area contributed by atoms with Gasteiger partial charge in [-0.15, -0.1) is 11.3 Å². The highest BCUT2D eigenvalue weighted by atomic mass is 32.1. The molecular formula is C16H22S. The van der Waals surface area contributed by atoms with Gasteiger partial charge in [-0.2, -0.15) is 0 Å². The SMILES string of the molecule is CCCCc1sc2ccccc2c1CC(C)C. The van der Waals surface area contributed by atoms with Gasteiger partial charge in [0.15, 0.2) is 0 Å². The van der Waals surface area contributed by atoms with Crippen LogP contribution in [0.1, 0.15) is 44.1 Å².